The highest BCUT2D eigenvalue weighted by Gasteiger charge is 1.99. The Morgan fingerprint density at radius 1 is 1.36 bits per heavy atom. The average molecular weight is 163 g/mol. The molecule has 0 atom stereocenters. The van der Waals surface area contributed by atoms with Crippen LogP contribution >= 0.6 is 11.3 Å². The Kier molecular flexibility index (Phi) is 1.43. The number of aryl methyl sites for hydroxylation is 2. The molecule has 0 radical (unpaired) electrons. The van der Waals surface area contributed by atoms with Crippen molar-refractivity contribution in [1.29, 1.82) is 0 Å². The van der Waals surface area contributed by atoms with E-state index in [2.05, 4.69) is 30.3 Å². The second kappa shape index (κ2) is 2.31. The van der Waals surface area contributed by atoms with Crippen LogP contribution in [0.25, 0.3) is 10.9 Å². The summed E-state index contributed by atoms with van der Waals surface area (Å²) in [6.07, 6.45) is 1.91. The maximum atomic E-state index is 4.31. The second-order valence-corrected chi connectivity index (χ2v) is 3.82. The van der Waals surface area contributed by atoms with E-state index in [9.17, 15) is 0 Å². The number of aromatic nitrogens is 1. The van der Waals surface area contributed by atoms with E-state index in [0.717, 1.165) is 5.52 Å². The van der Waals surface area contributed by atoms with Crippen molar-refractivity contribution in [2.75, 3.05) is 0 Å². The number of nitrogens with zero attached hydrogens (tertiary/aromatic N) is 1. The van der Waals surface area contributed by atoms with Gasteiger partial charge in [0.15, 0.2) is 0 Å². The molecule has 0 bridgehead atoms. The van der Waals surface area contributed by atoms with Crippen LogP contribution in [0.4, 0.5) is 0 Å². The van der Waals surface area contributed by atoms with Crippen LogP contribution in [0, 0.1) is 13.8 Å². The average Bonchev–Trinajstić information content (AvgIpc) is 2.33. The molecule has 11 heavy (non-hydrogen) atoms. The lowest BCUT2D eigenvalue weighted by Crippen LogP contribution is -1.76. The number of thiophene rings is 1. The highest BCUT2D eigenvalue weighted by Crippen LogP contribution is 2.23. The summed E-state index contributed by atoms with van der Waals surface area (Å²) < 4.78 is 0. The molecular formula is C9H9NS. The highest BCUT2D eigenvalue weighted by molar-refractivity contribution is 7.11. The minimum absolute atomic E-state index is 1.12. The topological polar surface area (TPSA) is 12.9 Å². The molecule has 0 N–H and O–H groups in total. The first kappa shape index (κ1) is 6.80. The van der Waals surface area contributed by atoms with Crippen molar-refractivity contribution in [2.24, 2.45) is 0 Å². The zero-order valence-corrected chi connectivity index (χ0v) is 7.40. The summed E-state index contributed by atoms with van der Waals surface area (Å²) in [7, 11) is 0. The number of hydrogen-bond donors (Lipinski definition) is 0. The van der Waals surface area contributed by atoms with E-state index in [4.69, 9.17) is 0 Å². The van der Waals surface area contributed by atoms with Crippen molar-refractivity contribution in [3.63, 3.8) is 0 Å². The van der Waals surface area contributed by atoms with Crippen molar-refractivity contribution in [3.05, 3.63) is 28.1 Å². The molecular weight excluding hydrogens is 154 g/mol. The first-order valence-electron chi connectivity index (χ1n) is 3.58. The summed E-state index contributed by atoms with van der Waals surface area (Å²) in [5.74, 6) is 0. The molecule has 2 heteroatoms. The number of hydrogen-bond acceptors (Lipinski definition) is 2. The van der Waals surface area contributed by atoms with Crippen LogP contribution in [-0.4, -0.2) is 4.98 Å². The van der Waals surface area contributed by atoms with E-state index in [0.29, 0.717) is 0 Å². The molecule has 0 saturated carbocycles. The largest absolute Gasteiger partial charge is 0.255 e. The van der Waals surface area contributed by atoms with Gasteiger partial charge in [0.25, 0.3) is 0 Å². The third-order valence-electron chi connectivity index (χ3n) is 1.78. The van der Waals surface area contributed by atoms with Gasteiger partial charge in [-0.1, -0.05) is 0 Å². The first-order chi connectivity index (χ1) is 5.27. The predicted octanol–water partition coefficient (Wildman–Crippen LogP) is 2.91. The molecule has 0 unspecified atom stereocenters. The van der Waals surface area contributed by atoms with Gasteiger partial charge in [0.2, 0.25) is 0 Å². The van der Waals surface area contributed by atoms with Gasteiger partial charge < -0.3 is 0 Å². The van der Waals surface area contributed by atoms with Gasteiger partial charge in [-0.15, -0.1) is 11.3 Å². The maximum absolute atomic E-state index is 4.31. The highest BCUT2D eigenvalue weighted by atomic mass is 32.1. The monoisotopic (exact) mass is 163 g/mol. The summed E-state index contributed by atoms with van der Waals surface area (Å²) >= 11 is 1.76. The third kappa shape index (κ3) is 1.03. The second-order valence-electron chi connectivity index (χ2n) is 2.74. The van der Waals surface area contributed by atoms with Gasteiger partial charge in [-0.05, 0) is 25.5 Å². The Bertz CT molecular complexity index is 389. The van der Waals surface area contributed by atoms with Gasteiger partial charge >= 0.3 is 0 Å². The van der Waals surface area contributed by atoms with Gasteiger partial charge in [-0.3, -0.25) is 4.98 Å². The van der Waals surface area contributed by atoms with E-state index < -0.39 is 0 Å². The Labute approximate surface area is 69.7 Å². The molecule has 1 nitrogen and oxygen atoms in total. The lowest BCUT2D eigenvalue weighted by molar-refractivity contribution is 1.34. The molecule has 0 aliphatic carbocycles. The van der Waals surface area contributed by atoms with Crippen LogP contribution in [0.1, 0.15) is 10.4 Å². The molecule has 2 heterocycles. The molecule has 0 amide bonds. The molecule has 0 aromatic carbocycles. The number of fused-ring (bicyclic) bond motifs is 1. The Morgan fingerprint density at radius 3 is 3.00 bits per heavy atom. The van der Waals surface area contributed by atoms with Crippen molar-refractivity contribution in [1.82, 2.24) is 4.98 Å². The third-order valence-corrected chi connectivity index (χ3v) is 2.70. The fraction of sp³-hybridized carbons (Fsp3) is 0.222. The molecule has 0 fully saturated rings. The lowest BCUT2D eigenvalue weighted by atomic mass is 10.2. The van der Waals surface area contributed by atoms with Gasteiger partial charge in [0, 0.05) is 21.8 Å². The molecule has 2 aromatic heterocycles. The molecule has 0 saturated heterocycles. The van der Waals surface area contributed by atoms with E-state index in [1.54, 1.807) is 11.3 Å². The number of pyridine rings is 1. The summed E-state index contributed by atoms with van der Waals surface area (Å²) in [5.41, 5.74) is 2.36. The fourth-order valence-electron chi connectivity index (χ4n) is 1.16. The van der Waals surface area contributed by atoms with E-state index in [-0.39, 0.29) is 0 Å². The van der Waals surface area contributed by atoms with Gasteiger partial charge in [-0.25, -0.2) is 0 Å². The molecule has 0 aliphatic rings. The minimum Gasteiger partial charge on any atom is -0.255 e. The van der Waals surface area contributed by atoms with Crippen molar-refractivity contribution >= 4 is 22.2 Å². The zero-order valence-electron chi connectivity index (χ0n) is 6.59. The lowest BCUT2D eigenvalue weighted by Gasteiger charge is -1.92. The van der Waals surface area contributed by atoms with Gasteiger partial charge in [0.1, 0.15) is 0 Å². The summed E-state index contributed by atoms with van der Waals surface area (Å²) in [5, 5.41) is 3.40. The predicted molar refractivity (Wildman–Crippen MR) is 49.1 cm³/mol. The zero-order chi connectivity index (χ0) is 7.84. The quantitative estimate of drug-likeness (QED) is 0.582. The Morgan fingerprint density at radius 2 is 2.18 bits per heavy atom. The van der Waals surface area contributed by atoms with Crippen LogP contribution in [0.3, 0.4) is 0 Å². The Hall–Kier alpha value is -0.890. The van der Waals surface area contributed by atoms with Crippen molar-refractivity contribution in [2.45, 2.75) is 13.8 Å². The van der Waals surface area contributed by atoms with Crippen LogP contribution in [0.5, 0.6) is 0 Å². The van der Waals surface area contributed by atoms with Crippen LogP contribution in [0.2, 0.25) is 0 Å². The molecule has 0 spiro atoms. The first-order valence-corrected chi connectivity index (χ1v) is 4.46. The van der Waals surface area contributed by atoms with E-state index in [1.165, 1.54) is 15.8 Å². The van der Waals surface area contributed by atoms with Crippen LogP contribution in [-0.2, 0) is 0 Å². The van der Waals surface area contributed by atoms with E-state index in [1.807, 2.05) is 6.20 Å². The van der Waals surface area contributed by atoms with E-state index >= 15 is 0 Å². The summed E-state index contributed by atoms with van der Waals surface area (Å²) in [6.45, 7) is 4.21. The smallest absolute Gasteiger partial charge is 0.0811 e. The molecule has 2 rings (SSSR count). The van der Waals surface area contributed by atoms with Gasteiger partial charge in [0.05, 0.1) is 5.52 Å². The summed E-state index contributed by atoms with van der Waals surface area (Å²) in [4.78, 5) is 5.67. The number of rotatable bonds is 0. The van der Waals surface area contributed by atoms with Crippen LogP contribution < -0.4 is 0 Å². The molecule has 2 aromatic rings. The normalized spacial score (nSPS) is 10.7. The van der Waals surface area contributed by atoms with Crippen LogP contribution in [0.15, 0.2) is 17.6 Å². The minimum atomic E-state index is 1.12. The summed E-state index contributed by atoms with van der Waals surface area (Å²) in [6, 6.07) is 2.19. The van der Waals surface area contributed by atoms with Crippen molar-refractivity contribution < 1.29 is 0 Å². The van der Waals surface area contributed by atoms with Crippen molar-refractivity contribution in [3.8, 4) is 0 Å². The standard InChI is InChI=1S/C9H9NS/c1-6-3-8-7(2)11-5-9(8)10-4-6/h3-5H,1-2H3. The molecule has 56 valence electrons. The maximum Gasteiger partial charge on any atom is 0.0811 e. The Balaban J connectivity index is 2.87. The fourth-order valence-corrected chi connectivity index (χ4v) is 1.93. The molecule has 0 aliphatic heterocycles. The van der Waals surface area contributed by atoms with Gasteiger partial charge in [-0.2, -0.15) is 0 Å². The SMILES string of the molecule is Cc1cnc2csc(C)c2c1.